The molecule has 0 spiro atoms. The summed E-state index contributed by atoms with van der Waals surface area (Å²) in [5.41, 5.74) is 1.25. The number of aliphatic carboxylic acids is 1. The maximum Gasteiger partial charge on any atom is 0.335 e. The third-order valence-corrected chi connectivity index (χ3v) is 7.19. The molecule has 3 N–H and O–H groups in total. The Morgan fingerprint density at radius 1 is 1.03 bits per heavy atom. The van der Waals surface area contributed by atoms with Crippen LogP contribution < -0.4 is 0 Å². The number of rotatable bonds is 7. The predicted molar refractivity (Wildman–Crippen MR) is 137 cm³/mol. The summed E-state index contributed by atoms with van der Waals surface area (Å²) in [5.74, 6) is 3.29. The van der Waals surface area contributed by atoms with Crippen molar-refractivity contribution in [1.82, 2.24) is 4.98 Å². The molecule has 182 valence electrons. The number of carboxylic acid groups (broad SMARTS) is 1. The van der Waals surface area contributed by atoms with Crippen LogP contribution in [0.4, 0.5) is 0 Å². The topological polar surface area (TPSA) is 108 Å². The van der Waals surface area contributed by atoms with E-state index < -0.39 is 24.8 Å². The van der Waals surface area contributed by atoms with Gasteiger partial charge >= 0.3 is 5.97 Å². The minimum absolute atomic E-state index is 0.0362. The molecule has 0 saturated heterocycles. The summed E-state index contributed by atoms with van der Waals surface area (Å²) in [6, 6.07) is 19.7. The number of aromatic nitrogens is 1. The van der Waals surface area contributed by atoms with Gasteiger partial charge in [0.05, 0.1) is 11.4 Å². The molecule has 0 aliphatic heterocycles. The van der Waals surface area contributed by atoms with Crippen LogP contribution in [0, 0.1) is 31.6 Å². The molecule has 1 heterocycles. The van der Waals surface area contributed by atoms with Crippen molar-refractivity contribution in [3.8, 4) is 23.1 Å². The van der Waals surface area contributed by atoms with Gasteiger partial charge < -0.3 is 15.1 Å². The van der Waals surface area contributed by atoms with Crippen molar-refractivity contribution in [2.45, 2.75) is 44.9 Å². The van der Waals surface area contributed by atoms with Gasteiger partial charge in [0.25, 0.3) is 0 Å². The van der Waals surface area contributed by atoms with E-state index in [-0.39, 0.29) is 18.0 Å². The summed E-state index contributed by atoms with van der Waals surface area (Å²) in [5, 5.41) is 19.9. The average molecular weight is 492 g/mol. The second-order valence-corrected chi connectivity index (χ2v) is 10.5. The molecule has 0 fully saturated rings. The van der Waals surface area contributed by atoms with Gasteiger partial charge in [-0.2, -0.15) is 0 Å². The zero-order valence-electron chi connectivity index (χ0n) is 20.2. The molecule has 0 bridgehead atoms. The number of hydrogen-bond donors (Lipinski definition) is 3. The summed E-state index contributed by atoms with van der Waals surface area (Å²) < 4.78 is 12.9. The molecule has 0 aliphatic rings. The summed E-state index contributed by atoms with van der Waals surface area (Å²) in [7, 11) is -3.96. The molecular weight excluding hydrogens is 461 g/mol. The molecule has 0 aliphatic carbocycles. The fraction of sp³-hybridized carbons (Fsp3) is 0.286. The molecule has 3 aromatic rings. The van der Waals surface area contributed by atoms with E-state index in [9.17, 15) is 24.5 Å². The number of aliphatic hydroxyl groups is 1. The monoisotopic (exact) mass is 491 g/mol. The van der Waals surface area contributed by atoms with Crippen LogP contribution in [-0.2, 0) is 21.4 Å². The van der Waals surface area contributed by atoms with Crippen LogP contribution in [0.5, 0.6) is 0 Å². The predicted octanol–water partition coefficient (Wildman–Crippen LogP) is 4.75. The second kappa shape index (κ2) is 10.6. The van der Waals surface area contributed by atoms with E-state index in [0.29, 0.717) is 11.3 Å². The average Bonchev–Trinajstić information content (AvgIpc) is 2.78. The van der Waals surface area contributed by atoms with E-state index in [1.807, 2.05) is 62.4 Å². The van der Waals surface area contributed by atoms with E-state index >= 15 is 0 Å². The van der Waals surface area contributed by atoms with Crippen molar-refractivity contribution in [3.63, 3.8) is 0 Å². The highest BCUT2D eigenvalue weighted by Gasteiger charge is 2.61. The van der Waals surface area contributed by atoms with Gasteiger partial charge in [-0.3, -0.25) is 4.57 Å². The highest BCUT2D eigenvalue weighted by molar-refractivity contribution is 7.42. The number of carboxylic acids is 1. The molecule has 3 rings (SSSR count). The Labute approximate surface area is 206 Å². The zero-order valence-corrected chi connectivity index (χ0v) is 21.2. The van der Waals surface area contributed by atoms with E-state index in [1.54, 1.807) is 26.0 Å². The van der Waals surface area contributed by atoms with Gasteiger partial charge in [0.15, 0.2) is 0 Å². The number of hydrogen-bond acceptors (Lipinski definition) is 4. The van der Waals surface area contributed by atoms with Crippen LogP contribution in [0.3, 0.4) is 0 Å². The molecule has 2 aromatic carbocycles. The smallest absolute Gasteiger partial charge is 0.335 e. The maximum absolute atomic E-state index is 12.9. The molecule has 0 radical (unpaired) electrons. The lowest BCUT2D eigenvalue weighted by Crippen LogP contribution is -2.56. The van der Waals surface area contributed by atoms with Gasteiger partial charge in [-0.15, -0.1) is 0 Å². The summed E-state index contributed by atoms with van der Waals surface area (Å²) in [6.45, 7) is 7.26. The Morgan fingerprint density at radius 3 is 2.20 bits per heavy atom. The molecule has 35 heavy (non-hydrogen) atoms. The van der Waals surface area contributed by atoms with Gasteiger partial charge in [-0.1, -0.05) is 91.4 Å². The van der Waals surface area contributed by atoms with Crippen LogP contribution in [0.15, 0.2) is 66.7 Å². The molecular formula is C28H30NO5P. The Kier molecular flexibility index (Phi) is 7.97. The van der Waals surface area contributed by atoms with Crippen LogP contribution in [0.2, 0.25) is 0 Å². The first-order valence-electron chi connectivity index (χ1n) is 11.3. The van der Waals surface area contributed by atoms with Crippen molar-refractivity contribution < 1.29 is 24.5 Å². The third-order valence-electron chi connectivity index (χ3n) is 5.79. The Hall–Kier alpha value is -3.23. The van der Waals surface area contributed by atoms with Gasteiger partial charge in [0.2, 0.25) is 13.2 Å². The van der Waals surface area contributed by atoms with E-state index in [4.69, 9.17) is 0 Å². The van der Waals surface area contributed by atoms with Gasteiger partial charge in [-0.05, 0) is 31.5 Å². The first kappa shape index (κ1) is 26.4. The summed E-state index contributed by atoms with van der Waals surface area (Å²) in [6.07, 6.45) is -0.267. The van der Waals surface area contributed by atoms with Crippen LogP contribution >= 0.6 is 8.03 Å². The van der Waals surface area contributed by atoms with Crippen LogP contribution in [-0.4, -0.2) is 31.2 Å². The normalized spacial score (nSPS) is 15.4. The highest BCUT2D eigenvalue weighted by atomic mass is 31.1. The van der Waals surface area contributed by atoms with E-state index in [0.717, 1.165) is 16.7 Å². The second-order valence-electron chi connectivity index (χ2n) is 9.09. The quantitative estimate of drug-likeness (QED) is 0.325. The largest absolute Gasteiger partial charge is 0.480 e. The SMILES string of the molecule is Cc1cc(C)cc(CC(O)(c2cccc(-c3ccccc3)n2)C(C#CC(C)C)(C(=O)O)[PH](=O)O)c1. The van der Waals surface area contributed by atoms with Crippen molar-refractivity contribution in [2.24, 2.45) is 5.92 Å². The highest BCUT2D eigenvalue weighted by Crippen LogP contribution is 2.50. The summed E-state index contributed by atoms with van der Waals surface area (Å²) in [4.78, 5) is 27.8. The van der Waals surface area contributed by atoms with Crippen molar-refractivity contribution >= 4 is 14.0 Å². The Morgan fingerprint density at radius 2 is 1.66 bits per heavy atom. The molecule has 7 heteroatoms. The molecule has 0 amide bonds. The minimum Gasteiger partial charge on any atom is -0.480 e. The molecule has 0 saturated carbocycles. The van der Waals surface area contributed by atoms with Gasteiger partial charge in [-0.25, -0.2) is 9.78 Å². The van der Waals surface area contributed by atoms with Gasteiger partial charge in [0.1, 0.15) is 5.60 Å². The van der Waals surface area contributed by atoms with Crippen molar-refractivity contribution in [1.29, 1.82) is 0 Å². The van der Waals surface area contributed by atoms with Gasteiger partial charge in [0, 0.05) is 17.9 Å². The summed E-state index contributed by atoms with van der Waals surface area (Å²) >= 11 is 0. The van der Waals surface area contributed by atoms with E-state index in [1.165, 1.54) is 6.07 Å². The fourth-order valence-corrected chi connectivity index (χ4v) is 5.16. The zero-order chi connectivity index (χ0) is 25.8. The molecule has 1 aromatic heterocycles. The molecule has 3 atom stereocenters. The molecule has 6 nitrogen and oxygen atoms in total. The first-order chi connectivity index (χ1) is 16.5. The molecule has 3 unspecified atom stereocenters. The number of nitrogens with zero attached hydrogens (tertiary/aromatic N) is 1. The van der Waals surface area contributed by atoms with Crippen LogP contribution in [0.1, 0.15) is 36.2 Å². The number of benzene rings is 2. The number of aryl methyl sites for hydroxylation is 2. The van der Waals surface area contributed by atoms with E-state index in [2.05, 4.69) is 16.8 Å². The van der Waals surface area contributed by atoms with Crippen LogP contribution in [0.25, 0.3) is 11.3 Å². The lowest BCUT2D eigenvalue weighted by Gasteiger charge is -2.39. The Bertz CT molecular complexity index is 1280. The minimum atomic E-state index is -3.96. The van der Waals surface area contributed by atoms with Crippen molar-refractivity contribution in [2.75, 3.05) is 0 Å². The maximum atomic E-state index is 12.9. The lowest BCUT2D eigenvalue weighted by atomic mass is 9.77. The lowest BCUT2D eigenvalue weighted by molar-refractivity contribution is -0.146. The third kappa shape index (κ3) is 5.39. The Balaban J connectivity index is 2.35. The fourth-order valence-electron chi connectivity index (χ4n) is 4.22. The first-order valence-corrected chi connectivity index (χ1v) is 12.7. The standard InChI is InChI=1S/C28H30NO5P/c1-19(2)13-14-28(26(30)31,35(33)34)27(32,18-22-16-20(3)15-21(4)17-22)25-12-8-11-24(29-25)23-9-6-5-7-10-23/h5-12,15-17,19,32,35H,18H2,1-4H3,(H,30,31)(H,33,34). The number of pyridine rings is 1. The number of carbonyl (C=O) groups is 1. The van der Waals surface area contributed by atoms with Crippen molar-refractivity contribution in [3.05, 3.63) is 89.1 Å².